The second-order valence-electron chi connectivity index (χ2n) is 21.4. The van der Waals surface area contributed by atoms with Gasteiger partial charge in [-0.05, 0) is 133 Å². The molecule has 0 atom stereocenters. The minimum absolute atomic E-state index is 0.113. The van der Waals surface area contributed by atoms with Crippen LogP contribution in [-0.4, -0.2) is 15.3 Å². The Morgan fingerprint density at radius 1 is 0.407 bits per heavy atom. The van der Waals surface area contributed by atoms with Gasteiger partial charge in [0, 0.05) is 12.8 Å². The normalized spacial score (nSPS) is 14.5. The van der Waals surface area contributed by atoms with Crippen LogP contribution in [0.15, 0.2) is 78.9 Å². The van der Waals surface area contributed by atoms with Gasteiger partial charge >= 0.3 is 0 Å². The van der Waals surface area contributed by atoms with Gasteiger partial charge in [0.25, 0.3) is 0 Å². The third kappa shape index (κ3) is 10.4. The average Bonchev–Trinajstić information content (AvgIpc) is 3.13. The zero-order valence-corrected chi connectivity index (χ0v) is 38.1. The van der Waals surface area contributed by atoms with Gasteiger partial charge in [0.05, 0.1) is 0 Å². The van der Waals surface area contributed by atoms with E-state index >= 15 is 0 Å². The number of hydrogen-bond acceptors (Lipinski definition) is 4. The lowest BCUT2D eigenvalue weighted by atomic mass is 9.80. The molecule has 1 aliphatic carbocycles. The van der Waals surface area contributed by atoms with Crippen LogP contribution in [0.25, 0.3) is 0 Å². The Labute approximate surface area is 355 Å². The molecule has 0 aliphatic heterocycles. The van der Waals surface area contributed by atoms with Gasteiger partial charge < -0.3 is 20.1 Å². The van der Waals surface area contributed by atoms with Crippen LogP contribution in [0.1, 0.15) is 168 Å². The molecule has 0 unspecified atom stereocenters. The number of aromatic hydroxyl groups is 3. The zero-order chi connectivity index (χ0) is 43.1. The maximum absolute atomic E-state index is 12.2. The van der Waals surface area contributed by atoms with Crippen LogP contribution in [0.3, 0.4) is 0 Å². The van der Waals surface area contributed by atoms with E-state index in [0.717, 1.165) is 80.6 Å². The van der Waals surface area contributed by atoms with E-state index in [-0.39, 0.29) is 21.7 Å². The highest BCUT2D eigenvalue weighted by atomic mass is 16.5. The molecule has 0 spiro atoms. The first-order chi connectivity index (χ1) is 27.5. The molecule has 5 aromatic carbocycles. The Morgan fingerprint density at radius 3 is 1.08 bits per heavy atom. The van der Waals surface area contributed by atoms with Crippen LogP contribution < -0.4 is 4.74 Å². The maximum atomic E-state index is 12.2. The predicted molar refractivity (Wildman–Crippen MR) is 246 cm³/mol. The largest absolute Gasteiger partial charge is 0.507 e. The van der Waals surface area contributed by atoms with Crippen molar-refractivity contribution >= 4 is 0 Å². The summed E-state index contributed by atoms with van der Waals surface area (Å²) in [4.78, 5) is 0. The molecule has 0 saturated heterocycles. The highest BCUT2D eigenvalue weighted by Gasteiger charge is 2.26. The third-order valence-corrected chi connectivity index (χ3v) is 12.3. The van der Waals surface area contributed by atoms with Crippen LogP contribution >= 0.6 is 0 Å². The summed E-state index contributed by atoms with van der Waals surface area (Å²) in [5, 5.41) is 36.2. The number of phenols is 3. The van der Waals surface area contributed by atoms with Gasteiger partial charge in [-0.1, -0.05) is 162 Å². The van der Waals surface area contributed by atoms with E-state index < -0.39 is 0 Å². The number of benzene rings is 5. The first-order valence-corrected chi connectivity index (χ1v) is 21.9. The minimum Gasteiger partial charge on any atom is -0.507 e. The Morgan fingerprint density at radius 2 is 0.712 bits per heavy atom. The van der Waals surface area contributed by atoms with E-state index in [1.54, 1.807) is 0 Å². The highest BCUT2D eigenvalue weighted by Crippen LogP contribution is 2.41. The molecule has 0 fully saturated rings. The number of aryl methyl sites for hydroxylation is 4. The Bertz CT molecular complexity index is 2280. The summed E-state index contributed by atoms with van der Waals surface area (Å²) in [5.74, 6) is 1.86. The molecule has 3 N–H and O–H groups in total. The predicted octanol–water partition coefficient (Wildman–Crippen LogP) is 13.4. The lowest BCUT2D eigenvalue weighted by Crippen LogP contribution is -2.15. The maximum Gasteiger partial charge on any atom is 0.126 e. The molecule has 0 amide bonds. The Balaban J connectivity index is 1.56. The van der Waals surface area contributed by atoms with Crippen LogP contribution in [0, 0.1) is 0 Å². The van der Waals surface area contributed by atoms with Gasteiger partial charge in [0.1, 0.15) is 29.6 Å². The molecule has 4 nitrogen and oxygen atoms in total. The SMILES string of the molecule is CC(C)(C)c1cc2c(O)c(c1)Cc1cc(C(C)(C)C)cc(c1O)CCCc1cc(C(C)(C)C)cc(c1OCc1ccccc1)Cc1cc(C(C)(C)C)cc(c1O)CCC2. The summed E-state index contributed by atoms with van der Waals surface area (Å²) < 4.78 is 6.89. The summed E-state index contributed by atoms with van der Waals surface area (Å²) in [7, 11) is 0. The third-order valence-electron chi connectivity index (χ3n) is 12.3. The number of hydrogen-bond donors (Lipinski definition) is 3. The van der Waals surface area contributed by atoms with Crippen molar-refractivity contribution < 1.29 is 20.1 Å². The summed E-state index contributed by atoms with van der Waals surface area (Å²) in [6.45, 7) is 27.2. The van der Waals surface area contributed by atoms with Gasteiger partial charge in [-0.25, -0.2) is 0 Å². The monoisotopic (exact) mass is 795 g/mol. The van der Waals surface area contributed by atoms with Crippen LogP contribution in [0.4, 0.5) is 0 Å². The topological polar surface area (TPSA) is 69.9 Å². The molecule has 6 rings (SSSR count). The quantitative estimate of drug-likeness (QED) is 0.170. The molecule has 314 valence electrons. The van der Waals surface area contributed by atoms with Crippen molar-refractivity contribution in [2.45, 2.75) is 163 Å². The summed E-state index contributed by atoms with van der Waals surface area (Å²) in [5.41, 5.74) is 12.9. The molecule has 0 aromatic heterocycles. The molecule has 4 heteroatoms. The number of fused-ring (bicyclic) bond motifs is 8. The van der Waals surface area contributed by atoms with Crippen molar-refractivity contribution in [2.24, 2.45) is 0 Å². The van der Waals surface area contributed by atoms with Crippen molar-refractivity contribution in [3.05, 3.63) is 151 Å². The fourth-order valence-corrected chi connectivity index (χ4v) is 8.32. The van der Waals surface area contributed by atoms with Gasteiger partial charge in [-0.15, -0.1) is 0 Å². The minimum atomic E-state index is -0.133. The van der Waals surface area contributed by atoms with Crippen molar-refractivity contribution in [2.75, 3.05) is 0 Å². The van der Waals surface area contributed by atoms with Crippen LogP contribution in [-0.2, 0) is 66.8 Å². The van der Waals surface area contributed by atoms with Crippen LogP contribution in [0.2, 0.25) is 0 Å². The molecular weight excluding hydrogens is 725 g/mol. The van der Waals surface area contributed by atoms with E-state index in [4.69, 9.17) is 4.74 Å². The second-order valence-corrected chi connectivity index (χ2v) is 21.4. The van der Waals surface area contributed by atoms with E-state index in [1.165, 1.54) is 16.7 Å². The lowest BCUT2D eigenvalue weighted by Gasteiger charge is -2.26. The molecule has 59 heavy (non-hydrogen) atoms. The van der Waals surface area contributed by atoms with E-state index in [2.05, 4.69) is 144 Å². The number of phenolic OH excluding ortho intramolecular Hbond substituents is 3. The summed E-state index contributed by atoms with van der Waals surface area (Å²) >= 11 is 0. The van der Waals surface area contributed by atoms with Crippen molar-refractivity contribution in [3.63, 3.8) is 0 Å². The van der Waals surface area contributed by atoms with Gasteiger partial charge in [0.2, 0.25) is 0 Å². The summed E-state index contributed by atoms with van der Waals surface area (Å²) in [6, 6.07) is 28.0. The fourth-order valence-electron chi connectivity index (χ4n) is 8.32. The van der Waals surface area contributed by atoms with Gasteiger partial charge in [0.15, 0.2) is 0 Å². The van der Waals surface area contributed by atoms with E-state index in [0.29, 0.717) is 56.0 Å². The molecule has 0 heterocycles. The first kappa shape index (κ1) is 43.9. The zero-order valence-electron chi connectivity index (χ0n) is 38.1. The molecule has 0 saturated carbocycles. The standard InChI is InChI=1S/C55H70O4/c1-52(2,3)44-26-36-20-16-21-37-27-46(54(7,8)9)32-42(50(37)58)25-43-33-47(55(10,11)12)29-39(51(43)59-34-35-18-14-13-15-19-35)23-17-22-38-28-45(53(4,5)6)31-41(49(38)57)24-40(30-44)48(36)56/h13-15,18-19,26-33,56-58H,16-17,20-25,34H2,1-12H3. The van der Waals surface area contributed by atoms with Crippen molar-refractivity contribution in [1.29, 1.82) is 0 Å². The molecule has 5 aromatic rings. The molecular formula is C55H70O4. The smallest absolute Gasteiger partial charge is 0.126 e. The van der Waals surface area contributed by atoms with Crippen LogP contribution in [0.5, 0.6) is 23.0 Å². The molecule has 0 radical (unpaired) electrons. The Kier molecular flexibility index (Phi) is 12.5. The summed E-state index contributed by atoms with van der Waals surface area (Å²) in [6.07, 6.45) is 5.28. The average molecular weight is 795 g/mol. The number of rotatable bonds is 3. The lowest BCUT2D eigenvalue weighted by molar-refractivity contribution is 0.299. The molecule has 8 bridgehead atoms. The van der Waals surface area contributed by atoms with Crippen molar-refractivity contribution in [3.8, 4) is 23.0 Å². The van der Waals surface area contributed by atoms with Crippen molar-refractivity contribution in [1.82, 2.24) is 0 Å². The van der Waals surface area contributed by atoms with Gasteiger partial charge in [-0.3, -0.25) is 0 Å². The first-order valence-electron chi connectivity index (χ1n) is 21.9. The molecule has 1 aliphatic rings. The fraction of sp³-hybridized carbons (Fsp3) is 0.455. The highest BCUT2D eigenvalue weighted by molar-refractivity contribution is 5.55. The van der Waals surface area contributed by atoms with Gasteiger partial charge in [-0.2, -0.15) is 0 Å². The Hall–Kier alpha value is -4.70. The second kappa shape index (κ2) is 16.7. The van der Waals surface area contributed by atoms with E-state index in [9.17, 15) is 15.3 Å². The number of ether oxygens (including phenoxy) is 1. The van der Waals surface area contributed by atoms with E-state index in [1.807, 2.05) is 18.2 Å².